The highest BCUT2D eigenvalue weighted by atomic mass is 15.0. The van der Waals surface area contributed by atoms with Crippen LogP contribution in [-0.2, 0) is 0 Å². The van der Waals surface area contributed by atoms with Gasteiger partial charge in [-0.1, -0.05) is 32.0 Å². The van der Waals surface area contributed by atoms with Gasteiger partial charge in [0.25, 0.3) is 0 Å². The van der Waals surface area contributed by atoms with Crippen molar-refractivity contribution in [3.63, 3.8) is 0 Å². The molecule has 0 aliphatic rings. The summed E-state index contributed by atoms with van der Waals surface area (Å²) in [7, 11) is 0. The molecular formula is C10H13N2. The van der Waals surface area contributed by atoms with E-state index in [-0.39, 0.29) is 0 Å². The fourth-order valence-electron chi connectivity index (χ4n) is 1.22. The lowest BCUT2D eigenvalue weighted by Gasteiger charge is -2.09. The molecule has 0 aliphatic carbocycles. The van der Waals surface area contributed by atoms with Gasteiger partial charge in [0.15, 0.2) is 0 Å². The van der Waals surface area contributed by atoms with Crippen molar-refractivity contribution >= 4 is 5.69 Å². The van der Waals surface area contributed by atoms with Gasteiger partial charge >= 0.3 is 0 Å². The zero-order valence-electron chi connectivity index (χ0n) is 7.49. The van der Waals surface area contributed by atoms with Crippen molar-refractivity contribution in [2.45, 2.75) is 26.2 Å². The number of rotatable bonds is 3. The molecule has 0 aromatic heterocycles. The molecule has 2 heteroatoms. The fraction of sp³-hybridized carbons (Fsp3) is 0.400. The summed E-state index contributed by atoms with van der Waals surface area (Å²) in [4.78, 5) is 0. The molecule has 0 saturated heterocycles. The van der Waals surface area contributed by atoms with Gasteiger partial charge in [-0.2, -0.15) is 0 Å². The second-order valence-electron chi connectivity index (χ2n) is 2.97. The van der Waals surface area contributed by atoms with Crippen LogP contribution in [-0.4, -0.2) is 0 Å². The fourth-order valence-corrected chi connectivity index (χ4v) is 1.22. The van der Waals surface area contributed by atoms with Crippen LogP contribution in [0, 0.1) is 0 Å². The van der Waals surface area contributed by atoms with E-state index in [9.17, 15) is 0 Å². The maximum Gasteiger partial charge on any atom is 0.0910 e. The van der Waals surface area contributed by atoms with Crippen LogP contribution in [0.2, 0.25) is 0 Å². The van der Waals surface area contributed by atoms with E-state index in [1.165, 1.54) is 0 Å². The molecule has 1 atom stereocenters. The van der Waals surface area contributed by atoms with Crippen LogP contribution in [0.3, 0.4) is 0 Å². The van der Waals surface area contributed by atoms with Gasteiger partial charge in [0, 0.05) is 0 Å². The van der Waals surface area contributed by atoms with Crippen LogP contribution in [0.15, 0.2) is 29.4 Å². The Balaban J connectivity index is 3.04. The number of nitrogens with zero attached hydrogens (tertiary/aromatic N) is 2. The van der Waals surface area contributed by atoms with Gasteiger partial charge in [-0.05, 0) is 29.5 Å². The van der Waals surface area contributed by atoms with Crippen molar-refractivity contribution in [3.8, 4) is 0 Å². The average molecular weight is 161 g/mol. The second kappa shape index (κ2) is 4.00. The summed E-state index contributed by atoms with van der Waals surface area (Å²) in [5, 5.41) is 3.24. The monoisotopic (exact) mass is 161 g/mol. The standard InChI is InChI=1S/C10H13N2/c1-3-8(2)9-6-4-5-7-10(9)12-11/h4-8H,3H2,1-2H3. The Kier molecular flexibility index (Phi) is 2.97. The molecule has 0 spiro atoms. The molecule has 0 fully saturated rings. The zero-order chi connectivity index (χ0) is 8.97. The third kappa shape index (κ3) is 1.70. The summed E-state index contributed by atoms with van der Waals surface area (Å²) < 4.78 is 0. The van der Waals surface area contributed by atoms with Crippen molar-refractivity contribution < 1.29 is 0 Å². The Morgan fingerprint density at radius 2 is 2.08 bits per heavy atom. The largest absolute Gasteiger partial charge is 0.129 e. The smallest absolute Gasteiger partial charge is 0.0910 e. The first kappa shape index (κ1) is 8.91. The van der Waals surface area contributed by atoms with E-state index >= 15 is 0 Å². The van der Waals surface area contributed by atoms with Gasteiger partial charge in [-0.25, -0.2) is 0 Å². The van der Waals surface area contributed by atoms with E-state index in [4.69, 9.17) is 5.53 Å². The molecule has 0 N–H and O–H groups in total. The Hall–Kier alpha value is -1.18. The summed E-state index contributed by atoms with van der Waals surface area (Å²) in [5.74, 6) is 0.456. The number of hydrogen-bond donors (Lipinski definition) is 0. The lowest BCUT2D eigenvalue weighted by atomic mass is 9.97. The van der Waals surface area contributed by atoms with E-state index in [1.54, 1.807) is 0 Å². The molecular weight excluding hydrogens is 148 g/mol. The van der Waals surface area contributed by atoms with Gasteiger partial charge < -0.3 is 0 Å². The third-order valence-electron chi connectivity index (χ3n) is 2.19. The maximum absolute atomic E-state index is 8.69. The minimum atomic E-state index is 0.456. The van der Waals surface area contributed by atoms with E-state index in [0.717, 1.165) is 12.0 Å². The zero-order valence-corrected chi connectivity index (χ0v) is 7.49. The highest BCUT2D eigenvalue weighted by Crippen LogP contribution is 2.27. The molecule has 0 saturated carbocycles. The molecule has 1 aromatic rings. The molecule has 0 amide bonds. The number of hydrogen-bond acceptors (Lipinski definition) is 1. The SMILES string of the molecule is CCC(C)c1ccccc1N=[N]. The molecule has 2 nitrogen and oxygen atoms in total. The molecule has 0 bridgehead atoms. The van der Waals surface area contributed by atoms with Crippen LogP contribution >= 0.6 is 0 Å². The molecule has 12 heavy (non-hydrogen) atoms. The van der Waals surface area contributed by atoms with Crippen LogP contribution in [0.25, 0.3) is 0 Å². The summed E-state index contributed by atoms with van der Waals surface area (Å²) in [6.45, 7) is 4.25. The van der Waals surface area contributed by atoms with E-state index in [2.05, 4.69) is 19.0 Å². The molecule has 1 rings (SSSR count). The first-order valence-electron chi connectivity index (χ1n) is 4.23. The minimum Gasteiger partial charge on any atom is -0.129 e. The highest BCUT2D eigenvalue weighted by molar-refractivity contribution is 5.46. The first-order valence-corrected chi connectivity index (χ1v) is 4.23. The summed E-state index contributed by atoms with van der Waals surface area (Å²) in [6, 6.07) is 7.67. The normalized spacial score (nSPS) is 12.5. The Morgan fingerprint density at radius 3 is 2.67 bits per heavy atom. The van der Waals surface area contributed by atoms with Crippen molar-refractivity contribution in [2.75, 3.05) is 0 Å². The topological polar surface area (TPSA) is 34.7 Å². The van der Waals surface area contributed by atoms with E-state index in [1.807, 2.05) is 24.3 Å². The molecule has 1 aromatic carbocycles. The summed E-state index contributed by atoms with van der Waals surface area (Å²) in [6.07, 6.45) is 1.06. The maximum atomic E-state index is 8.69. The van der Waals surface area contributed by atoms with Crippen LogP contribution in [0.5, 0.6) is 0 Å². The molecule has 0 heterocycles. The molecule has 1 radical (unpaired) electrons. The van der Waals surface area contributed by atoms with Gasteiger partial charge in [0.05, 0.1) is 5.69 Å². The van der Waals surface area contributed by atoms with Crippen LogP contribution in [0.1, 0.15) is 31.7 Å². The predicted molar refractivity (Wildman–Crippen MR) is 49.4 cm³/mol. The van der Waals surface area contributed by atoms with Gasteiger partial charge in [-0.15, -0.1) is 5.11 Å². The predicted octanol–water partition coefficient (Wildman–Crippen LogP) is 3.08. The van der Waals surface area contributed by atoms with Crippen molar-refractivity contribution in [1.29, 1.82) is 0 Å². The van der Waals surface area contributed by atoms with Gasteiger partial charge in [-0.3, -0.25) is 0 Å². The second-order valence-corrected chi connectivity index (χ2v) is 2.97. The van der Waals surface area contributed by atoms with Crippen LogP contribution < -0.4 is 5.53 Å². The van der Waals surface area contributed by atoms with E-state index in [0.29, 0.717) is 11.6 Å². The Morgan fingerprint density at radius 1 is 1.42 bits per heavy atom. The molecule has 63 valence electrons. The molecule has 0 aliphatic heterocycles. The lowest BCUT2D eigenvalue weighted by molar-refractivity contribution is 0.733. The minimum absolute atomic E-state index is 0.456. The van der Waals surface area contributed by atoms with Crippen molar-refractivity contribution in [2.24, 2.45) is 5.11 Å². The summed E-state index contributed by atoms with van der Waals surface area (Å²) >= 11 is 0. The van der Waals surface area contributed by atoms with Crippen molar-refractivity contribution in [3.05, 3.63) is 29.8 Å². The Bertz CT molecular complexity index is 268. The average Bonchev–Trinajstić information content (AvgIpc) is 2.16. The van der Waals surface area contributed by atoms with Gasteiger partial charge in [0.1, 0.15) is 0 Å². The Labute approximate surface area is 73.1 Å². The summed E-state index contributed by atoms with van der Waals surface area (Å²) in [5.41, 5.74) is 10.5. The number of benzene rings is 1. The van der Waals surface area contributed by atoms with Crippen LogP contribution in [0.4, 0.5) is 5.69 Å². The van der Waals surface area contributed by atoms with Gasteiger partial charge in [0.2, 0.25) is 0 Å². The first-order chi connectivity index (χ1) is 5.79. The quantitative estimate of drug-likeness (QED) is 0.610. The molecule has 1 unspecified atom stereocenters. The van der Waals surface area contributed by atoms with E-state index < -0.39 is 0 Å². The van der Waals surface area contributed by atoms with Crippen molar-refractivity contribution in [1.82, 2.24) is 5.53 Å². The lowest BCUT2D eigenvalue weighted by Crippen LogP contribution is -1.90. The highest BCUT2D eigenvalue weighted by Gasteiger charge is 2.06. The third-order valence-corrected chi connectivity index (χ3v) is 2.19.